The van der Waals surface area contributed by atoms with E-state index < -0.39 is 34.1 Å². The summed E-state index contributed by atoms with van der Waals surface area (Å²) in [6.45, 7) is 1.46. The minimum atomic E-state index is -4.91. The van der Waals surface area contributed by atoms with E-state index in [0.717, 1.165) is 44.8 Å². The van der Waals surface area contributed by atoms with Crippen molar-refractivity contribution in [3.05, 3.63) is 52.7 Å². The van der Waals surface area contributed by atoms with Gasteiger partial charge in [0, 0.05) is 48.1 Å². The Bertz CT molecular complexity index is 1260. The van der Waals surface area contributed by atoms with Crippen LogP contribution < -0.4 is 10.1 Å². The predicted octanol–water partition coefficient (Wildman–Crippen LogP) is 3.53. The van der Waals surface area contributed by atoms with Crippen molar-refractivity contribution in [2.45, 2.75) is 35.9 Å². The molecule has 1 unspecified atom stereocenters. The van der Waals surface area contributed by atoms with Gasteiger partial charge in [-0.1, -0.05) is 12.1 Å². The molecule has 1 aromatic carbocycles. The monoisotopic (exact) mass is 575 g/mol. The molecule has 1 fully saturated rings. The van der Waals surface area contributed by atoms with Gasteiger partial charge in [-0.25, -0.2) is 8.42 Å². The molecule has 1 N–H and O–H groups in total. The van der Waals surface area contributed by atoms with Crippen LogP contribution in [0.2, 0.25) is 0 Å². The maximum atomic E-state index is 13.4. The SMILES string of the molecule is CC(=O)N1CCN(S(=O)(=O)c2ccc(OC(F)(F)F)cc2)[C@@H](C(=O)NCC2CC=C(c3cccs3)S2)C1. The zero-order valence-electron chi connectivity index (χ0n) is 19.6. The average Bonchev–Trinajstić information content (AvgIpc) is 3.53. The van der Waals surface area contributed by atoms with Crippen molar-refractivity contribution in [2.24, 2.45) is 0 Å². The second-order valence-corrected chi connectivity index (χ2v) is 12.6. The summed E-state index contributed by atoms with van der Waals surface area (Å²) in [7, 11) is -4.26. The molecule has 14 heteroatoms. The first kappa shape index (κ1) is 27.5. The number of piperazine rings is 1. The third-order valence-corrected chi connectivity index (χ3v) is 10.2. The van der Waals surface area contributed by atoms with Gasteiger partial charge in [0.05, 0.1) is 4.90 Å². The number of nitrogens with zero attached hydrogens (tertiary/aromatic N) is 2. The lowest BCUT2D eigenvalue weighted by Crippen LogP contribution is -2.61. The topological polar surface area (TPSA) is 96.0 Å². The Morgan fingerprint density at radius 2 is 1.89 bits per heavy atom. The molecule has 1 aromatic heterocycles. The lowest BCUT2D eigenvalue weighted by Gasteiger charge is -2.39. The molecule has 1 saturated heterocycles. The Morgan fingerprint density at radius 1 is 1.16 bits per heavy atom. The number of halogens is 3. The second-order valence-electron chi connectivity index (χ2n) is 8.38. The van der Waals surface area contributed by atoms with Gasteiger partial charge in [0.1, 0.15) is 11.8 Å². The van der Waals surface area contributed by atoms with E-state index in [9.17, 15) is 31.2 Å². The van der Waals surface area contributed by atoms with Crippen molar-refractivity contribution in [3.8, 4) is 5.75 Å². The maximum absolute atomic E-state index is 13.4. The first-order valence-corrected chi connectivity index (χ1v) is 14.5. The molecule has 2 atom stereocenters. The quantitative estimate of drug-likeness (QED) is 0.543. The van der Waals surface area contributed by atoms with Crippen molar-refractivity contribution >= 4 is 49.8 Å². The second kappa shape index (κ2) is 11.1. The highest BCUT2D eigenvalue weighted by atomic mass is 32.2. The summed E-state index contributed by atoms with van der Waals surface area (Å²) in [4.78, 5) is 28.6. The number of ether oxygens (including phenoxy) is 1. The largest absolute Gasteiger partial charge is 0.573 e. The number of carbonyl (C=O) groups excluding carboxylic acids is 2. The van der Waals surface area contributed by atoms with Gasteiger partial charge < -0.3 is 15.0 Å². The fourth-order valence-corrected chi connectivity index (χ4v) is 7.67. The van der Waals surface area contributed by atoms with E-state index in [1.54, 1.807) is 23.1 Å². The lowest BCUT2D eigenvalue weighted by molar-refractivity contribution is -0.274. The summed E-state index contributed by atoms with van der Waals surface area (Å²) >= 11 is 3.27. The van der Waals surface area contributed by atoms with Gasteiger partial charge in [-0.2, -0.15) is 4.31 Å². The summed E-state index contributed by atoms with van der Waals surface area (Å²) in [5.74, 6) is -1.40. The first-order valence-electron chi connectivity index (χ1n) is 11.3. The average molecular weight is 576 g/mol. The standard InChI is InChI=1S/C23H24F3N3O5S3/c1-15(30)28-10-11-29(37(32,33)18-7-4-16(5-8-18)34-23(24,25)26)19(14-28)22(31)27-13-17-6-9-21(36-17)20-3-2-12-35-20/h2-5,7-9,12,17,19H,6,10-11,13-14H2,1H3,(H,27,31)/t17?,19-/m1/s1. The molecule has 0 saturated carbocycles. The number of sulfonamides is 1. The highest BCUT2D eigenvalue weighted by Gasteiger charge is 2.41. The number of carbonyl (C=O) groups is 2. The normalized spacial score (nSPS) is 21.0. The van der Waals surface area contributed by atoms with Gasteiger partial charge in [-0.15, -0.1) is 36.3 Å². The molecular weight excluding hydrogens is 551 g/mol. The molecule has 4 rings (SSSR count). The Kier molecular flexibility index (Phi) is 8.21. The van der Waals surface area contributed by atoms with Crippen LogP contribution in [-0.4, -0.2) is 73.3 Å². The van der Waals surface area contributed by atoms with E-state index in [0.29, 0.717) is 6.54 Å². The van der Waals surface area contributed by atoms with Gasteiger partial charge in [-0.3, -0.25) is 9.59 Å². The van der Waals surface area contributed by atoms with Crippen LogP contribution in [0.4, 0.5) is 13.2 Å². The molecule has 200 valence electrons. The summed E-state index contributed by atoms with van der Waals surface area (Å²) in [5, 5.41) is 4.90. The summed E-state index contributed by atoms with van der Waals surface area (Å²) < 4.78 is 68.9. The molecule has 2 aromatic rings. The number of thioether (sulfide) groups is 1. The fourth-order valence-electron chi connectivity index (χ4n) is 4.05. The lowest BCUT2D eigenvalue weighted by atomic mass is 10.2. The minimum absolute atomic E-state index is 0.0831. The number of rotatable bonds is 7. The van der Waals surface area contributed by atoms with Crippen LogP contribution in [0.15, 0.2) is 52.7 Å². The third kappa shape index (κ3) is 6.67. The summed E-state index contributed by atoms with van der Waals surface area (Å²) in [5.41, 5.74) is 0. The molecule has 37 heavy (non-hydrogen) atoms. The van der Waals surface area contributed by atoms with Crippen LogP contribution in [0.25, 0.3) is 4.91 Å². The molecule has 2 aliphatic heterocycles. The zero-order chi connectivity index (χ0) is 26.8. The molecule has 0 aliphatic carbocycles. The summed E-state index contributed by atoms with van der Waals surface area (Å²) in [6, 6.07) is 6.59. The first-order chi connectivity index (χ1) is 17.4. The number of benzene rings is 1. The summed E-state index contributed by atoms with van der Waals surface area (Å²) in [6.07, 6.45) is -2.06. The highest BCUT2D eigenvalue weighted by Crippen LogP contribution is 2.40. The smallest absolute Gasteiger partial charge is 0.406 e. The molecule has 0 radical (unpaired) electrons. The van der Waals surface area contributed by atoms with Gasteiger partial charge in [0.2, 0.25) is 21.8 Å². The van der Waals surface area contributed by atoms with Crippen LogP contribution in [0.3, 0.4) is 0 Å². The van der Waals surface area contributed by atoms with Crippen LogP contribution in [0.5, 0.6) is 5.75 Å². The van der Waals surface area contributed by atoms with E-state index in [1.165, 1.54) is 11.8 Å². The molecule has 2 aliphatic rings. The van der Waals surface area contributed by atoms with Gasteiger partial charge in [-0.05, 0) is 42.1 Å². The van der Waals surface area contributed by atoms with Gasteiger partial charge >= 0.3 is 6.36 Å². The number of hydrogen-bond acceptors (Lipinski definition) is 7. The highest BCUT2D eigenvalue weighted by molar-refractivity contribution is 8.09. The number of alkyl halides is 3. The fraction of sp³-hybridized carbons (Fsp3) is 0.391. The Morgan fingerprint density at radius 3 is 2.51 bits per heavy atom. The number of allylic oxidation sites excluding steroid dienone is 1. The molecule has 8 nitrogen and oxygen atoms in total. The maximum Gasteiger partial charge on any atom is 0.573 e. The molecule has 3 heterocycles. The number of hydrogen-bond donors (Lipinski definition) is 1. The van der Waals surface area contributed by atoms with Gasteiger partial charge in [0.25, 0.3) is 0 Å². The molecular formula is C23H24F3N3O5S3. The number of nitrogens with one attached hydrogen (secondary N) is 1. The van der Waals surface area contributed by atoms with E-state index >= 15 is 0 Å². The van der Waals surface area contributed by atoms with E-state index in [4.69, 9.17) is 0 Å². The number of thiophene rings is 1. The van der Waals surface area contributed by atoms with Crippen molar-refractivity contribution in [1.82, 2.24) is 14.5 Å². The van der Waals surface area contributed by atoms with Crippen molar-refractivity contribution in [1.29, 1.82) is 0 Å². The van der Waals surface area contributed by atoms with Crippen LogP contribution in [0.1, 0.15) is 18.2 Å². The van der Waals surface area contributed by atoms with Crippen LogP contribution in [-0.2, 0) is 19.6 Å². The van der Waals surface area contributed by atoms with Crippen molar-refractivity contribution < 1.29 is 35.9 Å². The molecule has 0 bridgehead atoms. The molecule has 2 amide bonds. The Balaban J connectivity index is 1.46. The Hall–Kier alpha value is -2.55. The van der Waals surface area contributed by atoms with Crippen LogP contribution >= 0.6 is 23.1 Å². The van der Waals surface area contributed by atoms with E-state index in [2.05, 4.69) is 16.1 Å². The number of amides is 2. The molecule has 0 spiro atoms. The van der Waals surface area contributed by atoms with Gasteiger partial charge in [0.15, 0.2) is 0 Å². The van der Waals surface area contributed by atoms with Crippen molar-refractivity contribution in [3.63, 3.8) is 0 Å². The zero-order valence-corrected chi connectivity index (χ0v) is 22.1. The van der Waals surface area contributed by atoms with Crippen LogP contribution in [0, 0.1) is 0 Å². The third-order valence-electron chi connectivity index (χ3n) is 5.87. The van der Waals surface area contributed by atoms with E-state index in [-0.39, 0.29) is 35.7 Å². The predicted molar refractivity (Wildman–Crippen MR) is 134 cm³/mol. The minimum Gasteiger partial charge on any atom is -0.406 e. The van der Waals surface area contributed by atoms with E-state index in [1.807, 2.05) is 17.5 Å². The van der Waals surface area contributed by atoms with Crippen molar-refractivity contribution in [2.75, 3.05) is 26.2 Å². The Labute approximate surface area is 220 Å².